The number of aryl methyl sites for hydroxylation is 2. The Morgan fingerprint density at radius 1 is 1.19 bits per heavy atom. The number of aromatic nitrogens is 3. The van der Waals surface area contributed by atoms with Gasteiger partial charge in [0.1, 0.15) is 0 Å². The van der Waals surface area contributed by atoms with Crippen LogP contribution in [-0.4, -0.2) is 26.5 Å². The van der Waals surface area contributed by atoms with Crippen LogP contribution in [0.4, 0.5) is 5.13 Å². The molecule has 0 atom stereocenters. The SMILES string of the molecule is CC(=O)c1sc(NC(=O)CCc2c(C)nn(C)c2C)nc1-c1ccccc1. The molecule has 0 bridgehead atoms. The Labute approximate surface area is 162 Å². The molecule has 2 aromatic heterocycles. The number of carbonyl (C=O) groups is 2. The molecule has 0 aliphatic carbocycles. The molecule has 0 fully saturated rings. The fraction of sp³-hybridized carbons (Fsp3) is 0.300. The second-order valence-electron chi connectivity index (χ2n) is 6.44. The van der Waals surface area contributed by atoms with Crippen LogP contribution in [0.1, 0.15) is 40.0 Å². The van der Waals surface area contributed by atoms with Crippen molar-refractivity contribution in [3.63, 3.8) is 0 Å². The van der Waals surface area contributed by atoms with Crippen LogP contribution in [0.25, 0.3) is 11.3 Å². The number of nitrogens with one attached hydrogen (secondary N) is 1. The van der Waals surface area contributed by atoms with E-state index in [0.717, 1.165) is 22.5 Å². The lowest BCUT2D eigenvalue weighted by Crippen LogP contribution is -2.12. The average molecular weight is 382 g/mol. The lowest BCUT2D eigenvalue weighted by Gasteiger charge is -2.03. The lowest BCUT2D eigenvalue weighted by atomic mass is 10.1. The van der Waals surface area contributed by atoms with E-state index in [0.29, 0.717) is 28.5 Å². The number of carbonyl (C=O) groups excluding carboxylic acids is 2. The highest BCUT2D eigenvalue weighted by molar-refractivity contribution is 7.18. The number of thiazole rings is 1. The molecule has 2 heterocycles. The molecule has 0 spiro atoms. The molecule has 6 nitrogen and oxygen atoms in total. The van der Waals surface area contributed by atoms with E-state index in [2.05, 4.69) is 15.4 Å². The van der Waals surface area contributed by atoms with Crippen LogP contribution in [0.3, 0.4) is 0 Å². The first kappa shape index (κ1) is 19.0. The fourth-order valence-corrected chi connectivity index (χ4v) is 3.90. The summed E-state index contributed by atoms with van der Waals surface area (Å²) in [5.74, 6) is -0.186. The number of hydrogen-bond acceptors (Lipinski definition) is 5. The molecular formula is C20H22N4O2S. The van der Waals surface area contributed by atoms with Gasteiger partial charge in [0, 0.05) is 31.6 Å². The second kappa shape index (κ2) is 7.84. The van der Waals surface area contributed by atoms with Crippen molar-refractivity contribution >= 4 is 28.2 Å². The molecule has 1 aromatic carbocycles. The summed E-state index contributed by atoms with van der Waals surface area (Å²) in [7, 11) is 1.90. The van der Waals surface area contributed by atoms with Gasteiger partial charge in [-0.3, -0.25) is 14.3 Å². The van der Waals surface area contributed by atoms with Gasteiger partial charge in [0.05, 0.1) is 16.3 Å². The van der Waals surface area contributed by atoms with Crippen LogP contribution in [0.15, 0.2) is 30.3 Å². The Balaban J connectivity index is 1.74. The van der Waals surface area contributed by atoms with Crippen LogP contribution < -0.4 is 5.32 Å². The summed E-state index contributed by atoms with van der Waals surface area (Å²) in [5, 5.41) is 7.66. The molecule has 0 unspecified atom stereocenters. The monoisotopic (exact) mass is 382 g/mol. The Morgan fingerprint density at radius 2 is 1.89 bits per heavy atom. The Hall–Kier alpha value is -2.80. The van der Waals surface area contributed by atoms with Gasteiger partial charge in [0.15, 0.2) is 10.9 Å². The smallest absolute Gasteiger partial charge is 0.226 e. The van der Waals surface area contributed by atoms with Gasteiger partial charge in [-0.05, 0) is 25.8 Å². The normalized spacial score (nSPS) is 10.8. The van der Waals surface area contributed by atoms with E-state index in [1.165, 1.54) is 18.3 Å². The molecule has 0 saturated heterocycles. The summed E-state index contributed by atoms with van der Waals surface area (Å²) in [6, 6.07) is 9.52. The van der Waals surface area contributed by atoms with E-state index >= 15 is 0 Å². The number of benzene rings is 1. The standard InChI is InChI=1S/C20H22N4O2S/c1-12-16(13(2)24(4)23-12)10-11-17(26)21-20-22-18(19(27-20)14(3)25)15-8-6-5-7-9-15/h5-9H,10-11H2,1-4H3,(H,21,22,26). The van der Waals surface area contributed by atoms with Gasteiger partial charge in [-0.2, -0.15) is 5.10 Å². The highest BCUT2D eigenvalue weighted by Gasteiger charge is 2.18. The van der Waals surface area contributed by atoms with E-state index in [-0.39, 0.29) is 11.7 Å². The topological polar surface area (TPSA) is 76.9 Å². The molecule has 0 aliphatic rings. The van der Waals surface area contributed by atoms with E-state index in [4.69, 9.17) is 0 Å². The molecule has 3 rings (SSSR count). The molecule has 1 N–H and O–H groups in total. The first-order valence-corrected chi connectivity index (χ1v) is 9.54. The first-order valence-electron chi connectivity index (χ1n) is 8.73. The molecule has 0 aliphatic heterocycles. The van der Waals surface area contributed by atoms with Gasteiger partial charge in [0.2, 0.25) is 5.91 Å². The van der Waals surface area contributed by atoms with E-state index in [9.17, 15) is 9.59 Å². The van der Waals surface area contributed by atoms with Gasteiger partial charge in [-0.25, -0.2) is 4.98 Å². The van der Waals surface area contributed by atoms with Gasteiger partial charge in [-0.15, -0.1) is 0 Å². The van der Waals surface area contributed by atoms with Gasteiger partial charge in [0.25, 0.3) is 0 Å². The van der Waals surface area contributed by atoms with Gasteiger partial charge < -0.3 is 5.32 Å². The number of rotatable bonds is 6. The number of nitrogens with zero attached hydrogens (tertiary/aromatic N) is 3. The van der Waals surface area contributed by atoms with E-state index in [1.54, 1.807) is 0 Å². The highest BCUT2D eigenvalue weighted by atomic mass is 32.1. The zero-order valence-corrected chi connectivity index (χ0v) is 16.7. The third-order valence-electron chi connectivity index (χ3n) is 4.50. The number of Topliss-reactive ketones (excluding diaryl/α,β-unsaturated/α-hetero) is 1. The molecule has 1 amide bonds. The van der Waals surface area contributed by atoms with Gasteiger partial charge in [-0.1, -0.05) is 41.7 Å². The maximum Gasteiger partial charge on any atom is 0.226 e. The molecule has 140 valence electrons. The molecular weight excluding hydrogens is 360 g/mol. The third kappa shape index (κ3) is 4.14. The van der Waals surface area contributed by atoms with Crippen LogP contribution >= 0.6 is 11.3 Å². The largest absolute Gasteiger partial charge is 0.302 e. The first-order chi connectivity index (χ1) is 12.9. The third-order valence-corrected chi connectivity index (χ3v) is 5.57. The minimum Gasteiger partial charge on any atom is -0.302 e. The average Bonchev–Trinajstić information content (AvgIpc) is 3.16. The van der Waals surface area contributed by atoms with Crippen molar-refractivity contribution in [2.75, 3.05) is 5.32 Å². The molecule has 27 heavy (non-hydrogen) atoms. The van der Waals surface area contributed by atoms with Crippen LogP contribution in [0.2, 0.25) is 0 Å². The minimum absolute atomic E-state index is 0.0616. The molecule has 3 aromatic rings. The summed E-state index contributed by atoms with van der Waals surface area (Å²) in [6.07, 6.45) is 0.955. The van der Waals surface area contributed by atoms with Crippen molar-refractivity contribution in [3.8, 4) is 11.3 Å². The minimum atomic E-state index is -0.124. The van der Waals surface area contributed by atoms with Crippen molar-refractivity contribution < 1.29 is 9.59 Å². The summed E-state index contributed by atoms with van der Waals surface area (Å²) in [4.78, 5) is 29.4. The summed E-state index contributed by atoms with van der Waals surface area (Å²) < 4.78 is 1.83. The van der Waals surface area contributed by atoms with Crippen molar-refractivity contribution in [1.82, 2.24) is 14.8 Å². The lowest BCUT2D eigenvalue weighted by molar-refractivity contribution is -0.116. The Kier molecular flexibility index (Phi) is 5.51. The van der Waals surface area contributed by atoms with E-state index in [1.807, 2.05) is 55.9 Å². The van der Waals surface area contributed by atoms with Crippen molar-refractivity contribution in [2.45, 2.75) is 33.6 Å². The maximum atomic E-state index is 12.4. The number of amides is 1. The molecule has 0 radical (unpaired) electrons. The number of hydrogen-bond donors (Lipinski definition) is 1. The second-order valence-corrected chi connectivity index (χ2v) is 7.44. The molecule has 0 saturated carbocycles. The van der Waals surface area contributed by atoms with Crippen molar-refractivity contribution in [2.24, 2.45) is 7.05 Å². The zero-order valence-electron chi connectivity index (χ0n) is 15.9. The fourth-order valence-electron chi connectivity index (χ4n) is 3.00. The van der Waals surface area contributed by atoms with Crippen LogP contribution in [-0.2, 0) is 18.3 Å². The summed E-state index contributed by atoms with van der Waals surface area (Å²) in [5.41, 5.74) is 4.59. The Bertz CT molecular complexity index is 989. The number of anilines is 1. The quantitative estimate of drug-likeness (QED) is 0.655. The van der Waals surface area contributed by atoms with Gasteiger partial charge >= 0.3 is 0 Å². The van der Waals surface area contributed by atoms with Crippen molar-refractivity contribution in [1.29, 1.82) is 0 Å². The molecule has 7 heteroatoms. The van der Waals surface area contributed by atoms with Crippen molar-refractivity contribution in [3.05, 3.63) is 52.2 Å². The van der Waals surface area contributed by atoms with E-state index < -0.39 is 0 Å². The maximum absolute atomic E-state index is 12.4. The predicted molar refractivity (Wildman–Crippen MR) is 107 cm³/mol. The summed E-state index contributed by atoms with van der Waals surface area (Å²) in [6.45, 7) is 5.46. The predicted octanol–water partition coefficient (Wildman–Crippen LogP) is 3.93. The van der Waals surface area contributed by atoms with Crippen LogP contribution in [0.5, 0.6) is 0 Å². The Morgan fingerprint density at radius 3 is 2.48 bits per heavy atom. The zero-order chi connectivity index (χ0) is 19.6. The highest BCUT2D eigenvalue weighted by Crippen LogP contribution is 2.31. The summed E-state index contributed by atoms with van der Waals surface area (Å²) >= 11 is 1.21. The number of ketones is 1. The van der Waals surface area contributed by atoms with Crippen LogP contribution in [0, 0.1) is 13.8 Å².